The number of aliphatic hydroxyl groups is 1. The van der Waals surface area contributed by atoms with E-state index in [1.807, 2.05) is 0 Å². The molecule has 0 amide bonds. The number of alkyl halides is 1. The number of methoxy groups -OCH3 is 1. The van der Waals surface area contributed by atoms with Crippen molar-refractivity contribution in [3.63, 3.8) is 0 Å². The van der Waals surface area contributed by atoms with Crippen molar-refractivity contribution in [2.45, 2.75) is 6.10 Å². The van der Waals surface area contributed by atoms with E-state index in [9.17, 15) is 9.90 Å². The molecule has 0 unspecified atom stereocenters. The van der Waals surface area contributed by atoms with Crippen LogP contribution in [0.4, 0.5) is 0 Å². The SMILES string of the molecule is COC(=O)c1cc([C@@H](O)CBr)ccc1OI. The summed E-state index contributed by atoms with van der Waals surface area (Å²) in [6, 6.07) is 4.89. The highest BCUT2D eigenvalue weighted by Crippen LogP contribution is 2.26. The molecule has 0 aromatic heterocycles. The molecule has 6 heteroatoms. The number of rotatable bonds is 4. The molecule has 88 valence electrons. The summed E-state index contributed by atoms with van der Waals surface area (Å²) in [4.78, 5) is 11.5. The average molecular weight is 401 g/mol. The lowest BCUT2D eigenvalue weighted by Crippen LogP contribution is -2.06. The second kappa shape index (κ2) is 6.41. The fraction of sp³-hybridized carbons (Fsp3) is 0.300. The van der Waals surface area contributed by atoms with E-state index in [1.165, 1.54) is 7.11 Å². The van der Waals surface area contributed by atoms with Crippen LogP contribution in [0.1, 0.15) is 22.0 Å². The van der Waals surface area contributed by atoms with E-state index in [0.717, 1.165) is 0 Å². The fourth-order valence-corrected chi connectivity index (χ4v) is 1.94. The summed E-state index contributed by atoms with van der Waals surface area (Å²) in [6.07, 6.45) is -0.660. The second-order valence-corrected chi connectivity index (χ2v) is 4.08. The minimum atomic E-state index is -0.660. The Bertz CT molecular complexity index is 383. The van der Waals surface area contributed by atoms with Crippen molar-refractivity contribution in [3.8, 4) is 5.75 Å². The minimum absolute atomic E-state index is 0.300. The lowest BCUT2D eigenvalue weighted by atomic mass is 10.1. The van der Waals surface area contributed by atoms with E-state index >= 15 is 0 Å². The fourth-order valence-electron chi connectivity index (χ4n) is 1.18. The molecule has 16 heavy (non-hydrogen) atoms. The van der Waals surface area contributed by atoms with Gasteiger partial charge in [0.25, 0.3) is 0 Å². The molecule has 1 atom stereocenters. The molecule has 0 fully saturated rings. The highest BCUT2D eigenvalue weighted by molar-refractivity contribution is 14.1. The monoisotopic (exact) mass is 400 g/mol. The number of halogens is 2. The Hall–Kier alpha value is -0.340. The largest absolute Gasteiger partial charge is 0.465 e. The van der Waals surface area contributed by atoms with Crippen molar-refractivity contribution < 1.29 is 17.7 Å². The van der Waals surface area contributed by atoms with E-state index in [0.29, 0.717) is 22.2 Å². The Labute approximate surface area is 116 Å². The van der Waals surface area contributed by atoms with Crippen molar-refractivity contribution in [3.05, 3.63) is 29.3 Å². The standard InChI is InChI=1S/C10H10BrIO4/c1-15-10(14)7-4-6(8(13)5-11)2-3-9(7)16-12/h2-4,8,13H,5H2,1H3/t8-/m0/s1. The maximum Gasteiger partial charge on any atom is 0.341 e. The maximum atomic E-state index is 11.5. The molecular formula is C10H10BrIO4. The molecule has 4 nitrogen and oxygen atoms in total. The van der Waals surface area contributed by atoms with Gasteiger partial charge in [0.15, 0.2) is 23.0 Å². The number of hydrogen-bond donors (Lipinski definition) is 1. The highest BCUT2D eigenvalue weighted by atomic mass is 127. The van der Waals surface area contributed by atoms with Crippen LogP contribution >= 0.6 is 38.9 Å². The number of esters is 1. The van der Waals surface area contributed by atoms with Crippen molar-refractivity contribution >= 4 is 44.9 Å². The summed E-state index contributed by atoms with van der Waals surface area (Å²) in [5.41, 5.74) is 0.934. The quantitative estimate of drug-likeness (QED) is 0.479. The molecular weight excluding hydrogens is 391 g/mol. The third-order valence-corrected chi connectivity index (χ3v) is 3.11. The highest BCUT2D eigenvalue weighted by Gasteiger charge is 2.16. The van der Waals surface area contributed by atoms with Gasteiger partial charge in [-0.1, -0.05) is 22.0 Å². The topological polar surface area (TPSA) is 55.8 Å². The molecule has 0 radical (unpaired) electrons. The second-order valence-electron chi connectivity index (χ2n) is 2.99. The van der Waals surface area contributed by atoms with Crippen LogP contribution in [0.2, 0.25) is 0 Å². The Balaban J connectivity index is 3.16. The van der Waals surface area contributed by atoms with Gasteiger partial charge in [-0.3, -0.25) is 0 Å². The number of ether oxygens (including phenoxy) is 1. The normalized spacial score (nSPS) is 12.0. The molecule has 0 aliphatic carbocycles. The smallest absolute Gasteiger partial charge is 0.341 e. The zero-order valence-corrected chi connectivity index (χ0v) is 12.2. The summed E-state index contributed by atoms with van der Waals surface area (Å²) in [7, 11) is 1.30. The zero-order chi connectivity index (χ0) is 12.1. The van der Waals surface area contributed by atoms with E-state index in [2.05, 4.69) is 20.7 Å². The van der Waals surface area contributed by atoms with Crippen molar-refractivity contribution in [1.29, 1.82) is 0 Å². The molecule has 0 saturated heterocycles. The maximum absolute atomic E-state index is 11.5. The van der Waals surface area contributed by atoms with Crippen molar-refractivity contribution in [1.82, 2.24) is 0 Å². The van der Waals surface area contributed by atoms with Gasteiger partial charge in [0.1, 0.15) is 11.3 Å². The lowest BCUT2D eigenvalue weighted by molar-refractivity contribution is 0.0599. The summed E-state index contributed by atoms with van der Waals surface area (Å²) >= 11 is 4.85. The first-order valence-corrected chi connectivity index (χ1v) is 6.39. The summed E-state index contributed by atoms with van der Waals surface area (Å²) in [5, 5.41) is 10.0. The number of carbonyl (C=O) groups is 1. The number of benzene rings is 1. The molecule has 0 heterocycles. The molecule has 0 saturated carbocycles. The molecule has 0 spiro atoms. The summed E-state index contributed by atoms with van der Waals surface area (Å²) < 4.78 is 9.64. The van der Waals surface area contributed by atoms with Crippen molar-refractivity contribution in [2.75, 3.05) is 12.4 Å². The van der Waals surface area contributed by atoms with Gasteiger partial charge in [0, 0.05) is 5.33 Å². The van der Waals surface area contributed by atoms with Crippen LogP contribution in [0.15, 0.2) is 18.2 Å². The molecule has 1 N–H and O–H groups in total. The van der Waals surface area contributed by atoms with Crippen LogP contribution in [0, 0.1) is 0 Å². The predicted molar refractivity (Wildman–Crippen MR) is 71.2 cm³/mol. The average Bonchev–Trinajstić information content (AvgIpc) is 2.35. The first-order chi connectivity index (χ1) is 7.63. The number of aliphatic hydroxyl groups excluding tert-OH is 1. The van der Waals surface area contributed by atoms with Gasteiger partial charge in [-0.2, -0.15) is 0 Å². The van der Waals surface area contributed by atoms with Gasteiger partial charge in [0.05, 0.1) is 13.2 Å². The van der Waals surface area contributed by atoms with Gasteiger partial charge < -0.3 is 12.9 Å². The number of carbonyl (C=O) groups excluding carboxylic acids is 1. The minimum Gasteiger partial charge on any atom is -0.465 e. The van der Waals surface area contributed by atoms with E-state index in [1.54, 1.807) is 41.2 Å². The third-order valence-electron chi connectivity index (χ3n) is 2.02. The van der Waals surface area contributed by atoms with Crippen LogP contribution in [0.25, 0.3) is 0 Å². The third kappa shape index (κ3) is 3.08. The van der Waals surface area contributed by atoms with Crippen LogP contribution in [0.3, 0.4) is 0 Å². The van der Waals surface area contributed by atoms with Crippen LogP contribution in [0.5, 0.6) is 5.75 Å². The van der Waals surface area contributed by atoms with E-state index < -0.39 is 12.1 Å². The number of hydrogen-bond acceptors (Lipinski definition) is 4. The molecule has 1 aromatic rings. The first kappa shape index (κ1) is 13.7. The molecule has 0 bridgehead atoms. The lowest BCUT2D eigenvalue weighted by Gasteiger charge is -2.11. The summed E-state index contributed by atoms with van der Waals surface area (Å²) in [5.74, 6) is -0.0757. The molecule has 0 aliphatic heterocycles. The van der Waals surface area contributed by atoms with E-state index in [-0.39, 0.29) is 0 Å². The van der Waals surface area contributed by atoms with Crippen molar-refractivity contribution in [2.24, 2.45) is 0 Å². The zero-order valence-electron chi connectivity index (χ0n) is 8.44. The van der Waals surface area contributed by atoms with Crippen LogP contribution < -0.4 is 3.07 Å². The van der Waals surface area contributed by atoms with E-state index in [4.69, 9.17) is 3.07 Å². The van der Waals surface area contributed by atoms with Gasteiger partial charge in [-0.25, -0.2) is 4.79 Å². The van der Waals surface area contributed by atoms with Gasteiger partial charge in [-0.15, -0.1) is 0 Å². The summed E-state index contributed by atoms with van der Waals surface area (Å²) in [6.45, 7) is 0. The first-order valence-electron chi connectivity index (χ1n) is 4.39. The Morgan fingerprint density at radius 2 is 2.31 bits per heavy atom. The molecule has 1 rings (SSSR count). The molecule has 0 aliphatic rings. The van der Waals surface area contributed by atoms with Crippen LogP contribution in [-0.4, -0.2) is 23.5 Å². The van der Waals surface area contributed by atoms with Gasteiger partial charge >= 0.3 is 5.97 Å². The Morgan fingerprint density at radius 3 is 2.81 bits per heavy atom. The van der Waals surface area contributed by atoms with Crippen LogP contribution in [-0.2, 0) is 4.74 Å². The Kier molecular flexibility index (Phi) is 5.50. The van der Waals surface area contributed by atoms with Gasteiger partial charge in [0.2, 0.25) is 0 Å². The van der Waals surface area contributed by atoms with Gasteiger partial charge in [-0.05, 0) is 17.7 Å². The Morgan fingerprint density at radius 1 is 1.62 bits per heavy atom. The predicted octanol–water partition coefficient (Wildman–Crippen LogP) is 2.63. The molecule has 1 aromatic carbocycles.